The van der Waals surface area contributed by atoms with Crippen molar-refractivity contribution in [3.05, 3.63) is 130 Å². The maximum atomic E-state index is 7.79. The third kappa shape index (κ3) is 6.95. The van der Waals surface area contributed by atoms with Gasteiger partial charge in [-0.3, -0.25) is 0 Å². The van der Waals surface area contributed by atoms with E-state index in [1.54, 1.807) is 24.4 Å². The number of nitrogens with zero attached hydrogens (tertiary/aromatic N) is 2. The van der Waals surface area contributed by atoms with E-state index in [0.717, 1.165) is 33.2 Å². The molecule has 0 aliphatic rings. The van der Waals surface area contributed by atoms with Crippen molar-refractivity contribution in [2.45, 2.75) is 93.8 Å². The molecule has 0 saturated heterocycles. The minimum Gasteiger partial charge on any atom is -0.201 e. The van der Waals surface area contributed by atoms with Crippen molar-refractivity contribution in [2.75, 3.05) is 0 Å². The first-order chi connectivity index (χ1) is 24.8. The van der Waals surface area contributed by atoms with Crippen molar-refractivity contribution in [3.63, 3.8) is 0 Å². The van der Waals surface area contributed by atoms with Gasteiger partial charge in [-0.1, -0.05) is 89.1 Å². The molecule has 0 saturated carbocycles. The van der Waals surface area contributed by atoms with Crippen molar-refractivity contribution in [1.82, 2.24) is 0 Å². The second-order valence-corrected chi connectivity index (χ2v) is 15.6. The molecule has 0 radical (unpaired) electrons. The van der Waals surface area contributed by atoms with Crippen LogP contribution >= 0.6 is 0 Å². The zero-order valence-corrected chi connectivity index (χ0v) is 31.0. The van der Waals surface area contributed by atoms with Crippen molar-refractivity contribution in [1.29, 1.82) is 0 Å². The summed E-state index contributed by atoms with van der Waals surface area (Å²) in [5, 5.41) is 4.70. The Morgan fingerprint density at radius 2 is 0.854 bits per heavy atom. The number of hydrogen-bond donors (Lipinski definition) is 0. The lowest BCUT2D eigenvalue weighted by Gasteiger charge is -2.24. The summed E-state index contributed by atoms with van der Waals surface area (Å²) in [5.74, 6) is 0. The standard InChI is InChI=1S/2C23H28N/c2*1-15-8-10-18-17(3)19(22-11-9-16(2)14-24(22)7)13-21(20(18)12-15)23(4,5)6/h2*8-14H,1-7H3/q2*+1/i1D3,2D3;. The molecule has 0 bridgehead atoms. The van der Waals surface area contributed by atoms with E-state index in [1.807, 2.05) is 30.7 Å². The Morgan fingerprint density at radius 3 is 1.29 bits per heavy atom. The first-order valence-electron chi connectivity index (χ1n) is 19.9. The molecule has 0 N–H and O–H groups in total. The monoisotopic (exact) mass is 642 g/mol. The van der Waals surface area contributed by atoms with E-state index in [-0.39, 0.29) is 10.8 Å². The SMILES string of the molecule is Cc1ccc2c(C)c(-c3ccc(C)c[n+]3C)cc(C(C)(C)C)c2c1.[2H]C([2H])([2H])c1ccc2c(C)c(-c3ccc(C([2H])([2H])[2H])c[n+]3C)cc(C(C)(C)C)c2c1. The molecule has 2 nitrogen and oxygen atoms in total. The van der Waals surface area contributed by atoms with Gasteiger partial charge in [-0.25, -0.2) is 9.13 Å². The van der Waals surface area contributed by atoms with Crippen LogP contribution in [0.25, 0.3) is 44.1 Å². The quantitative estimate of drug-likeness (QED) is 0.166. The van der Waals surface area contributed by atoms with E-state index in [2.05, 4.69) is 123 Å². The topological polar surface area (TPSA) is 7.76 Å². The van der Waals surface area contributed by atoms with Crippen LogP contribution < -0.4 is 9.13 Å². The van der Waals surface area contributed by atoms with Gasteiger partial charge in [0, 0.05) is 42.6 Å². The van der Waals surface area contributed by atoms with Gasteiger partial charge in [0.2, 0.25) is 11.4 Å². The lowest BCUT2D eigenvalue weighted by atomic mass is 9.80. The second-order valence-electron chi connectivity index (χ2n) is 15.6. The summed E-state index contributed by atoms with van der Waals surface area (Å²) >= 11 is 0. The largest absolute Gasteiger partial charge is 0.212 e. The maximum absolute atomic E-state index is 7.79. The molecule has 6 rings (SSSR count). The van der Waals surface area contributed by atoms with Gasteiger partial charge in [0.15, 0.2) is 12.4 Å². The Bertz CT molecular complexity index is 2390. The van der Waals surface area contributed by atoms with Gasteiger partial charge in [-0.05, 0) is 120 Å². The zero-order valence-electron chi connectivity index (χ0n) is 37.0. The fraction of sp³-hybridized carbons (Fsp3) is 0.348. The summed E-state index contributed by atoms with van der Waals surface area (Å²) in [6.45, 7) is 17.5. The highest BCUT2D eigenvalue weighted by Crippen LogP contribution is 2.39. The Labute approximate surface area is 298 Å². The van der Waals surface area contributed by atoms with E-state index in [0.29, 0.717) is 11.1 Å². The van der Waals surface area contributed by atoms with E-state index >= 15 is 0 Å². The lowest BCUT2D eigenvalue weighted by molar-refractivity contribution is -0.660. The van der Waals surface area contributed by atoms with Gasteiger partial charge in [-0.15, -0.1) is 0 Å². The predicted molar refractivity (Wildman–Crippen MR) is 207 cm³/mol. The van der Waals surface area contributed by atoms with Crippen LogP contribution in [0.1, 0.15) is 94.3 Å². The lowest BCUT2D eigenvalue weighted by Crippen LogP contribution is -2.31. The molecular formula is C46H56N2+2. The smallest absolute Gasteiger partial charge is 0.201 e. The van der Waals surface area contributed by atoms with Gasteiger partial charge in [0.1, 0.15) is 14.1 Å². The molecule has 6 aromatic rings. The molecule has 0 unspecified atom stereocenters. The van der Waals surface area contributed by atoms with Crippen LogP contribution in [-0.4, -0.2) is 0 Å². The van der Waals surface area contributed by atoms with Crippen molar-refractivity contribution < 1.29 is 17.4 Å². The number of benzene rings is 4. The third-order valence-corrected chi connectivity index (χ3v) is 9.55. The molecule has 2 heteroatoms. The van der Waals surface area contributed by atoms with E-state index in [4.69, 9.17) is 8.22 Å². The van der Waals surface area contributed by atoms with Crippen LogP contribution in [0.5, 0.6) is 0 Å². The van der Waals surface area contributed by atoms with Crippen LogP contribution in [0.4, 0.5) is 0 Å². The Kier molecular flexibility index (Phi) is 7.46. The van der Waals surface area contributed by atoms with E-state index < -0.39 is 13.7 Å². The number of fused-ring (bicyclic) bond motifs is 2. The first-order valence-corrected chi connectivity index (χ1v) is 16.9. The maximum Gasteiger partial charge on any atom is 0.212 e. The number of rotatable bonds is 2. The normalized spacial score (nSPS) is 14.3. The molecule has 0 spiro atoms. The molecule has 0 fully saturated rings. The number of aryl methyl sites for hydroxylation is 8. The molecule has 248 valence electrons. The summed E-state index contributed by atoms with van der Waals surface area (Å²) in [6, 6.07) is 24.7. The summed E-state index contributed by atoms with van der Waals surface area (Å²) < 4.78 is 50.4. The molecular weight excluding hydrogens is 581 g/mol. The summed E-state index contributed by atoms with van der Waals surface area (Å²) in [6.07, 6.45) is 3.85. The van der Waals surface area contributed by atoms with Crippen molar-refractivity contribution in [3.8, 4) is 22.5 Å². The Balaban J connectivity index is 0.000000213. The summed E-state index contributed by atoms with van der Waals surface area (Å²) in [4.78, 5) is 0. The van der Waals surface area contributed by atoms with Crippen LogP contribution in [0.3, 0.4) is 0 Å². The summed E-state index contributed by atoms with van der Waals surface area (Å²) in [5.41, 5.74) is 12.5. The van der Waals surface area contributed by atoms with Gasteiger partial charge in [-0.2, -0.15) is 0 Å². The average molecular weight is 643 g/mol. The van der Waals surface area contributed by atoms with Crippen LogP contribution in [0.15, 0.2) is 85.2 Å². The Hall–Kier alpha value is -4.30. The van der Waals surface area contributed by atoms with Crippen LogP contribution in [0.2, 0.25) is 0 Å². The number of aromatic nitrogens is 2. The molecule has 2 aromatic heterocycles. The van der Waals surface area contributed by atoms with Crippen molar-refractivity contribution in [2.24, 2.45) is 14.1 Å². The Morgan fingerprint density at radius 1 is 0.458 bits per heavy atom. The minimum atomic E-state index is -2.16. The molecule has 0 aliphatic carbocycles. The van der Waals surface area contributed by atoms with Gasteiger partial charge in [0.25, 0.3) is 0 Å². The average Bonchev–Trinajstić information content (AvgIpc) is 3.04. The van der Waals surface area contributed by atoms with Gasteiger partial charge >= 0.3 is 0 Å². The van der Waals surface area contributed by atoms with Gasteiger partial charge < -0.3 is 0 Å². The van der Waals surface area contributed by atoms with Gasteiger partial charge in [0.05, 0.1) is 0 Å². The fourth-order valence-corrected chi connectivity index (χ4v) is 6.94. The fourth-order valence-electron chi connectivity index (χ4n) is 6.94. The molecule has 0 atom stereocenters. The first kappa shape index (κ1) is 27.6. The molecule has 2 heterocycles. The minimum absolute atomic E-state index is 0.109. The van der Waals surface area contributed by atoms with E-state index in [9.17, 15) is 0 Å². The second kappa shape index (κ2) is 13.0. The molecule has 0 aliphatic heterocycles. The zero-order chi connectivity index (χ0) is 40.3. The van der Waals surface area contributed by atoms with Crippen LogP contribution in [-0.2, 0) is 24.9 Å². The van der Waals surface area contributed by atoms with Crippen molar-refractivity contribution >= 4 is 21.5 Å². The number of hydrogen-bond acceptors (Lipinski definition) is 0. The van der Waals surface area contributed by atoms with Crippen LogP contribution in [0, 0.1) is 41.4 Å². The molecule has 48 heavy (non-hydrogen) atoms. The predicted octanol–water partition coefficient (Wildman–Crippen LogP) is 11.1. The van der Waals surface area contributed by atoms with E-state index in [1.165, 1.54) is 44.3 Å². The highest BCUT2D eigenvalue weighted by molar-refractivity contribution is 5.95. The highest BCUT2D eigenvalue weighted by Gasteiger charge is 2.24. The summed E-state index contributed by atoms with van der Waals surface area (Å²) in [7, 11) is 3.99. The highest BCUT2D eigenvalue weighted by atomic mass is 14.9. The third-order valence-electron chi connectivity index (χ3n) is 9.55. The molecule has 0 amide bonds. The molecule has 4 aromatic carbocycles. The number of pyridine rings is 2.